The van der Waals surface area contributed by atoms with Gasteiger partial charge in [-0.25, -0.2) is 0 Å². The number of aliphatic hydroxyl groups is 1. The van der Waals surface area contributed by atoms with Crippen molar-refractivity contribution in [2.45, 2.75) is 19.9 Å². The van der Waals surface area contributed by atoms with E-state index in [0.29, 0.717) is 41.4 Å². The molecule has 2 heterocycles. The van der Waals surface area contributed by atoms with Gasteiger partial charge in [-0.3, -0.25) is 14.7 Å². The maximum Gasteiger partial charge on any atom is 0.295 e. The molecule has 0 aliphatic carbocycles. The van der Waals surface area contributed by atoms with E-state index in [1.54, 1.807) is 39.2 Å². The van der Waals surface area contributed by atoms with Crippen molar-refractivity contribution in [2.75, 3.05) is 34.3 Å². The number of methoxy groups -OCH3 is 1. The number of H-pyrrole nitrogens is 1. The molecule has 0 radical (unpaired) electrons. The van der Waals surface area contributed by atoms with Crippen LogP contribution in [0.25, 0.3) is 5.76 Å². The first-order valence-electron chi connectivity index (χ1n) is 9.35. The molecule has 0 spiro atoms. The number of rotatable bonds is 6. The van der Waals surface area contributed by atoms with Gasteiger partial charge in [-0.2, -0.15) is 5.10 Å². The van der Waals surface area contributed by atoms with E-state index < -0.39 is 17.7 Å². The van der Waals surface area contributed by atoms with Gasteiger partial charge in [-0.15, -0.1) is 0 Å². The summed E-state index contributed by atoms with van der Waals surface area (Å²) in [7, 11) is 5.35. The summed E-state index contributed by atoms with van der Waals surface area (Å²) >= 11 is 0. The Morgan fingerprint density at radius 2 is 2.03 bits per heavy atom. The van der Waals surface area contributed by atoms with Gasteiger partial charge in [0.1, 0.15) is 11.5 Å². The molecule has 2 N–H and O–H groups in total. The van der Waals surface area contributed by atoms with Crippen molar-refractivity contribution in [1.29, 1.82) is 0 Å². The normalized spacial score (nSPS) is 18.7. The minimum absolute atomic E-state index is 0.0645. The molecule has 1 atom stereocenters. The number of likely N-dealkylation sites (N-methyl/N-ethyl adjacent to an activating group) is 1. The lowest BCUT2D eigenvalue weighted by atomic mass is 9.94. The zero-order chi connectivity index (χ0) is 21.3. The van der Waals surface area contributed by atoms with E-state index in [0.717, 1.165) is 0 Å². The molecular formula is C21H26N4O4. The molecule has 1 aromatic carbocycles. The van der Waals surface area contributed by atoms with E-state index in [9.17, 15) is 14.7 Å². The van der Waals surface area contributed by atoms with Crippen molar-refractivity contribution in [3.05, 3.63) is 52.4 Å². The summed E-state index contributed by atoms with van der Waals surface area (Å²) in [5.74, 6) is -0.933. The zero-order valence-electron chi connectivity index (χ0n) is 17.3. The summed E-state index contributed by atoms with van der Waals surface area (Å²) in [5, 5.41) is 18.0. The predicted octanol–water partition coefficient (Wildman–Crippen LogP) is 2.02. The quantitative estimate of drug-likeness (QED) is 0.439. The fraction of sp³-hybridized carbons (Fsp3) is 0.381. The van der Waals surface area contributed by atoms with Crippen LogP contribution in [0, 0.1) is 13.8 Å². The van der Waals surface area contributed by atoms with Crippen molar-refractivity contribution in [3.63, 3.8) is 0 Å². The summed E-state index contributed by atoms with van der Waals surface area (Å²) in [6.45, 7) is 4.43. The van der Waals surface area contributed by atoms with Crippen LogP contribution in [0.1, 0.15) is 28.6 Å². The Balaban J connectivity index is 2.20. The van der Waals surface area contributed by atoms with Crippen molar-refractivity contribution < 1.29 is 19.4 Å². The number of aromatic amines is 1. The second-order valence-electron chi connectivity index (χ2n) is 7.38. The molecular weight excluding hydrogens is 372 g/mol. The third kappa shape index (κ3) is 3.75. The van der Waals surface area contributed by atoms with E-state index in [1.165, 1.54) is 4.90 Å². The number of carbonyl (C=O) groups excluding carboxylic acids is 2. The molecule has 29 heavy (non-hydrogen) atoms. The molecule has 2 aromatic rings. The van der Waals surface area contributed by atoms with Crippen LogP contribution in [-0.2, 0) is 9.59 Å². The van der Waals surface area contributed by atoms with Gasteiger partial charge in [0.05, 0.1) is 30.0 Å². The average Bonchev–Trinajstić information content (AvgIpc) is 3.16. The number of aryl methyl sites for hydroxylation is 2. The number of nitrogens with one attached hydrogen (secondary N) is 1. The number of ketones is 1. The number of nitrogens with zero attached hydrogens (tertiary/aromatic N) is 3. The molecule has 0 bridgehead atoms. The summed E-state index contributed by atoms with van der Waals surface area (Å²) in [5.41, 5.74) is 2.40. The van der Waals surface area contributed by atoms with Crippen LogP contribution >= 0.6 is 0 Å². The number of hydrogen-bond donors (Lipinski definition) is 2. The van der Waals surface area contributed by atoms with Crippen LogP contribution in [-0.4, -0.2) is 71.1 Å². The Bertz CT molecular complexity index is 957. The number of amides is 1. The molecule has 1 fully saturated rings. The fourth-order valence-corrected chi connectivity index (χ4v) is 3.61. The number of Topliss-reactive ketones (excluding diaryl/α,β-unsaturated/α-hetero) is 1. The third-order valence-corrected chi connectivity index (χ3v) is 5.10. The number of ether oxygens (including phenoxy) is 1. The molecule has 0 saturated carbocycles. The van der Waals surface area contributed by atoms with Crippen molar-refractivity contribution >= 4 is 17.4 Å². The Hall–Kier alpha value is -3.13. The number of aromatic nitrogens is 2. The maximum absolute atomic E-state index is 13.0. The molecule has 3 rings (SSSR count). The number of carbonyl (C=O) groups is 2. The SMILES string of the molecule is COc1cccc([C@@H]2/C(=C(\O)c3c(C)n[nH]c3C)C(=O)C(=O)N2CCN(C)C)c1. The molecule has 1 amide bonds. The van der Waals surface area contributed by atoms with Crippen LogP contribution < -0.4 is 4.74 Å². The number of benzene rings is 1. The number of aliphatic hydroxyl groups excluding tert-OH is 1. The highest BCUT2D eigenvalue weighted by Gasteiger charge is 2.46. The molecule has 1 aliphatic heterocycles. The summed E-state index contributed by atoms with van der Waals surface area (Å²) in [4.78, 5) is 29.3. The van der Waals surface area contributed by atoms with Gasteiger partial charge in [0.25, 0.3) is 11.7 Å². The minimum Gasteiger partial charge on any atom is -0.507 e. The summed E-state index contributed by atoms with van der Waals surface area (Å²) < 4.78 is 5.32. The lowest BCUT2D eigenvalue weighted by Crippen LogP contribution is -2.35. The molecule has 8 nitrogen and oxygen atoms in total. The molecule has 0 unspecified atom stereocenters. The monoisotopic (exact) mass is 398 g/mol. The average molecular weight is 398 g/mol. The van der Waals surface area contributed by atoms with Crippen LogP contribution in [0.3, 0.4) is 0 Å². The highest BCUT2D eigenvalue weighted by atomic mass is 16.5. The Labute approximate surface area is 169 Å². The second kappa shape index (κ2) is 8.08. The van der Waals surface area contributed by atoms with Crippen LogP contribution in [0.15, 0.2) is 29.8 Å². The fourth-order valence-electron chi connectivity index (χ4n) is 3.61. The molecule has 154 valence electrons. The van der Waals surface area contributed by atoms with Gasteiger partial charge in [-0.1, -0.05) is 12.1 Å². The Morgan fingerprint density at radius 3 is 2.62 bits per heavy atom. The van der Waals surface area contributed by atoms with Crippen molar-refractivity contribution in [1.82, 2.24) is 20.0 Å². The van der Waals surface area contributed by atoms with E-state index in [4.69, 9.17) is 4.74 Å². The van der Waals surface area contributed by atoms with Gasteiger partial charge < -0.3 is 19.6 Å². The smallest absolute Gasteiger partial charge is 0.295 e. The highest BCUT2D eigenvalue weighted by Crippen LogP contribution is 2.40. The lowest BCUT2D eigenvalue weighted by molar-refractivity contribution is -0.140. The van der Waals surface area contributed by atoms with E-state index in [-0.39, 0.29) is 11.3 Å². The zero-order valence-corrected chi connectivity index (χ0v) is 17.3. The van der Waals surface area contributed by atoms with E-state index in [1.807, 2.05) is 25.1 Å². The Kier molecular flexibility index (Phi) is 5.74. The topological polar surface area (TPSA) is 98.8 Å². The van der Waals surface area contributed by atoms with Gasteiger partial charge >= 0.3 is 0 Å². The minimum atomic E-state index is -0.709. The predicted molar refractivity (Wildman–Crippen MR) is 109 cm³/mol. The van der Waals surface area contributed by atoms with Gasteiger partial charge in [0.15, 0.2) is 0 Å². The summed E-state index contributed by atoms with van der Waals surface area (Å²) in [6, 6.07) is 6.49. The van der Waals surface area contributed by atoms with Crippen LogP contribution in [0.5, 0.6) is 5.75 Å². The van der Waals surface area contributed by atoms with Crippen molar-refractivity contribution in [3.8, 4) is 5.75 Å². The van der Waals surface area contributed by atoms with Gasteiger partial charge in [0, 0.05) is 18.8 Å². The van der Waals surface area contributed by atoms with Gasteiger partial charge in [0.2, 0.25) is 0 Å². The van der Waals surface area contributed by atoms with E-state index >= 15 is 0 Å². The second-order valence-corrected chi connectivity index (χ2v) is 7.38. The first-order valence-corrected chi connectivity index (χ1v) is 9.35. The van der Waals surface area contributed by atoms with Crippen LogP contribution in [0.4, 0.5) is 0 Å². The van der Waals surface area contributed by atoms with E-state index in [2.05, 4.69) is 10.2 Å². The summed E-state index contributed by atoms with van der Waals surface area (Å²) in [6.07, 6.45) is 0. The van der Waals surface area contributed by atoms with Crippen LogP contribution in [0.2, 0.25) is 0 Å². The molecule has 1 saturated heterocycles. The first kappa shape index (κ1) is 20.6. The third-order valence-electron chi connectivity index (χ3n) is 5.10. The molecule has 1 aliphatic rings. The molecule has 1 aromatic heterocycles. The molecule has 8 heteroatoms. The Morgan fingerprint density at radius 1 is 1.31 bits per heavy atom. The lowest BCUT2D eigenvalue weighted by Gasteiger charge is -2.26. The van der Waals surface area contributed by atoms with Gasteiger partial charge in [-0.05, 0) is 45.6 Å². The number of hydrogen-bond acceptors (Lipinski definition) is 6. The van der Waals surface area contributed by atoms with Crippen molar-refractivity contribution in [2.24, 2.45) is 0 Å². The first-order chi connectivity index (χ1) is 13.8. The standard InChI is InChI=1S/C21H26N4O4/c1-12-16(13(2)23-22-12)19(26)17-18(14-7-6-8-15(11-14)29-5)25(10-9-24(3)4)21(28)20(17)27/h6-8,11,18,26H,9-10H2,1-5H3,(H,22,23)/b19-17+/t18-/m1/s1. The maximum atomic E-state index is 13.0. The number of likely N-dealkylation sites (tertiary alicyclic amines) is 1. The largest absolute Gasteiger partial charge is 0.507 e. The highest BCUT2D eigenvalue weighted by molar-refractivity contribution is 6.46.